The fraction of sp³-hybridized carbons (Fsp3) is 0.351. The second kappa shape index (κ2) is 9.82. The van der Waals surface area contributed by atoms with E-state index in [0.717, 1.165) is 23.7 Å². The van der Waals surface area contributed by atoms with Crippen LogP contribution in [0.5, 0.6) is 0 Å². The van der Waals surface area contributed by atoms with E-state index in [2.05, 4.69) is 95.9 Å². The lowest BCUT2D eigenvalue weighted by molar-refractivity contribution is 0.420. The molecule has 1 aromatic heterocycles. The van der Waals surface area contributed by atoms with Crippen LogP contribution in [0.4, 0.5) is 17.1 Å². The third kappa shape index (κ3) is 4.19. The largest absolute Gasteiger partial charge is 0.310 e. The molecule has 3 atom stereocenters. The summed E-state index contributed by atoms with van der Waals surface area (Å²) in [4.78, 5) is 2.51. The van der Waals surface area contributed by atoms with Crippen molar-refractivity contribution in [3.8, 4) is 0 Å². The summed E-state index contributed by atoms with van der Waals surface area (Å²) in [7, 11) is 0. The molecule has 0 amide bonds. The summed E-state index contributed by atoms with van der Waals surface area (Å²) in [6.07, 6.45) is 12.6. The van der Waals surface area contributed by atoms with Crippen molar-refractivity contribution in [3.05, 3.63) is 102 Å². The third-order valence-electron chi connectivity index (χ3n) is 10.2. The van der Waals surface area contributed by atoms with Crippen LogP contribution in [0.3, 0.4) is 0 Å². The zero-order valence-corrected chi connectivity index (χ0v) is 23.5. The monoisotopic (exact) mass is 527 g/mol. The molecule has 2 bridgehead atoms. The molecular weight excluding hydrogens is 490 g/mol. The number of hydrogen-bond donors (Lipinski definition) is 0. The van der Waals surface area contributed by atoms with Crippen LogP contribution in [-0.2, 0) is 0 Å². The fourth-order valence-electron chi connectivity index (χ4n) is 8.22. The van der Waals surface area contributed by atoms with Crippen molar-refractivity contribution < 1.29 is 0 Å². The summed E-state index contributed by atoms with van der Waals surface area (Å²) in [6.45, 7) is 0. The van der Waals surface area contributed by atoms with Crippen molar-refractivity contribution in [1.82, 2.24) is 0 Å². The van der Waals surface area contributed by atoms with Crippen LogP contribution in [0, 0.1) is 11.8 Å². The molecule has 3 aliphatic carbocycles. The molecule has 0 saturated heterocycles. The molecule has 0 radical (unpaired) electrons. The molecule has 3 saturated carbocycles. The molecule has 3 unspecified atom stereocenters. The van der Waals surface area contributed by atoms with E-state index in [1.807, 2.05) is 11.3 Å². The van der Waals surface area contributed by atoms with Gasteiger partial charge in [0.1, 0.15) is 0 Å². The molecular formula is C37H37NS. The maximum atomic E-state index is 2.51. The Morgan fingerprint density at radius 3 is 2.03 bits per heavy atom. The Morgan fingerprint density at radius 1 is 0.590 bits per heavy atom. The Kier molecular flexibility index (Phi) is 5.98. The number of hydrogen-bond acceptors (Lipinski definition) is 2. The highest BCUT2D eigenvalue weighted by atomic mass is 32.1. The molecule has 4 aromatic carbocycles. The summed E-state index contributed by atoms with van der Waals surface area (Å²) in [5, 5.41) is 2.72. The second-order valence-corrected chi connectivity index (χ2v) is 13.5. The Balaban J connectivity index is 1.23. The molecule has 0 N–H and O–H groups in total. The molecule has 39 heavy (non-hydrogen) atoms. The predicted molar refractivity (Wildman–Crippen MR) is 168 cm³/mol. The maximum absolute atomic E-state index is 2.51. The van der Waals surface area contributed by atoms with Gasteiger partial charge in [0.05, 0.1) is 5.69 Å². The first kappa shape index (κ1) is 23.8. The lowest BCUT2D eigenvalue weighted by atomic mass is 9.83. The average molecular weight is 528 g/mol. The van der Waals surface area contributed by atoms with E-state index in [1.165, 1.54) is 101 Å². The minimum atomic E-state index is 0.728. The molecule has 3 aliphatic rings. The van der Waals surface area contributed by atoms with Gasteiger partial charge in [-0.15, -0.1) is 11.3 Å². The Bertz CT molecular complexity index is 1610. The van der Waals surface area contributed by atoms with Gasteiger partial charge in [-0.25, -0.2) is 0 Å². The standard InChI is InChI=1S/C37H37NS/c1-2-7-26(8-3-1)27-15-19-30(20-16-27)38(31-21-17-28(18-22-31)33-24-25-13-14-29(33)23-25)34-10-6-12-36-37(34)32-9-4-5-11-35(32)39-36/h4-6,9-12,15-22,25-26,29,33H,1-3,7-8,13-14,23-24H2. The summed E-state index contributed by atoms with van der Waals surface area (Å²) in [5.74, 6) is 3.38. The summed E-state index contributed by atoms with van der Waals surface area (Å²) < 4.78 is 2.72. The number of fused-ring (bicyclic) bond motifs is 5. The lowest BCUT2D eigenvalue weighted by Crippen LogP contribution is -2.12. The van der Waals surface area contributed by atoms with Crippen LogP contribution in [-0.4, -0.2) is 0 Å². The van der Waals surface area contributed by atoms with Gasteiger partial charge in [0.25, 0.3) is 0 Å². The first-order chi connectivity index (χ1) is 19.3. The minimum absolute atomic E-state index is 0.728. The van der Waals surface area contributed by atoms with Crippen LogP contribution in [0.25, 0.3) is 20.2 Å². The molecule has 8 rings (SSSR count). The van der Waals surface area contributed by atoms with Crippen LogP contribution >= 0.6 is 11.3 Å². The smallest absolute Gasteiger partial charge is 0.0554 e. The van der Waals surface area contributed by atoms with Gasteiger partial charge in [-0.1, -0.05) is 74.2 Å². The van der Waals surface area contributed by atoms with Crippen LogP contribution in [0.1, 0.15) is 80.8 Å². The second-order valence-electron chi connectivity index (χ2n) is 12.4. The topological polar surface area (TPSA) is 3.24 Å². The van der Waals surface area contributed by atoms with Crippen molar-refractivity contribution in [3.63, 3.8) is 0 Å². The molecule has 2 heteroatoms. The number of thiophene rings is 1. The molecule has 0 spiro atoms. The van der Waals surface area contributed by atoms with E-state index in [1.54, 1.807) is 5.56 Å². The SMILES string of the molecule is c1ccc2c(c1)sc1cccc(N(c3ccc(C4CCCCC4)cc3)c3ccc(C4CC5CCC4C5)cc3)c12. The summed E-state index contributed by atoms with van der Waals surface area (Å²) in [5.41, 5.74) is 6.87. The Morgan fingerprint density at radius 2 is 1.31 bits per heavy atom. The third-order valence-corrected chi connectivity index (χ3v) is 11.3. The number of benzene rings is 4. The highest BCUT2D eigenvalue weighted by molar-refractivity contribution is 7.26. The molecule has 5 aromatic rings. The Labute approximate surface area is 236 Å². The van der Waals surface area contributed by atoms with Gasteiger partial charge in [-0.2, -0.15) is 0 Å². The number of rotatable bonds is 5. The quantitative estimate of drug-likeness (QED) is 0.220. The highest BCUT2D eigenvalue weighted by Crippen LogP contribution is 2.53. The van der Waals surface area contributed by atoms with Crippen molar-refractivity contribution in [1.29, 1.82) is 0 Å². The van der Waals surface area contributed by atoms with Gasteiger partial charge in [-0.05, 0) is 109 Å². The van der Waals surface area contributed by atoms with Crippen molar-refractivity contribution in [2.75, 3.05) is 4.90 Å². The van der Waals surface area contributed by atoms with Crippen LogP contribution in [0.2, 0.25) is 0 Å². The molecule has 1 heterocycles. The van der Waals surface area contributed by atoms with E-state index in [-0.39, 0.29) is 0 Å². The zero-order valence-electron chi connectivity index (χ0n) is 22.7. The van der Waals surface area contributed by atoms with Crippen molar-refractivity contribution in [2.24, 2.45) is 11.8 Å². The first-order valence-corrected chi connectivity index (χ1v) is 16.0. The van der Waals surface area contributed by atoms with E-state index in [0.29, 0.717) is 0 Å². The zero-order chi connectivity index (χ0) is 25.8. The van der Waals surface area contributed by atoms with Gasteiger partial charge in [0.15, 0.2) is 0 Å². The number of anilines is 3. The molecule has 1 nitrogen and oxygen atoms in total. The van der Waals surface area contributed by atoms with E-state index >= 15 is 0 Å². The number of nitrogens with zero attached hydrogens (tertiary/aromatic N) is 1. The molecule has 0 aliphatic heterocycles. The van der Waals surface area contributed by atoms with Crippen LogP contribution < -0.4 is 4.90 Å². The summed E-state index contributed by atoms with van der Waals surface area (Å²) >= 11 is 1.90. The van der Waals surface area contributed by atoms with E-state index in [4.69, 9.17) is 0 Å². The lowest BCUT2D eigenvalue weighted by Gasteiger charge is -2.28. The van der Waals surface area contributed by atoms with Gasteiger partial charge in [0, 0.05) is 31.5 Å². The highest BCUT2D eigenvalue weighted by Gasteiger charge is 2.40. The molecule has 3 fully saturated rings. The fourth-order valence-corrected chi connectivity index (χ4v) is 9.35. The Hall–Kier alpha value is -3.10. The van der Waals surface area contributed by atoms with E-state index in [9.17, 15) is 0 Å². The predicted octanol–water partition coefficient (Wildman–Crippen LogP) is 11.5. The minimum Gasteiger partial charge on any atom is -0.310 e. The maximum Gasteiger partial charge on any atom is 0.0554 e. The average Bonchev–Trinajstić information content (AvgIpc) is 3.73. The van der Waals surface area contributed by atoms with Crippen LogP contribution in [0.15, 0.2) is 91.0 Å². The van der Waals surface area contributed by atoms with Crippen molar-refractivity contribution in [2.45, 2.75) is 69.6 Å². The van der Waals surface area contributed by atoms with Gasteiger partial charge in [-0.3, -0.25) is 0 Å². The van der Waals surface area contributed by atoms with Gasteiger partial charge in [0.2, 0.25) is 0 Å². The van der Waals surface area contributed by atoms with Gasteiger partial charge < -0.3 is 4.90 Å². The van der Waals surface area contributed by atoms with Gasteiger partial charge >= 0.3 is 0 Å². The summed E-state index contributed by atoms with van der Waals surface area (Å²) in [6, 6.07) is 35.0. The first-order valence-electron chi connectivity index (χ1n) is 15.2. The van der Waals surface area contributed by atoms with E-state index < -0.39 is 0 Å². The van der Waals surface area contributed by atoms with Crippen molar-refractivity contribution >= 4 is 48.6 Å². The normalized spacial score (nSPS) is 23.1. The molecule has 196 valence electrons.